The fourth-order valence-corrected chi connectivity index (χ4v) is 0.239. The van der Waals surface area contributed by atoms with E-state index in [4.69, 9.17) is 14.3 Å². The summed E-state index contributed by atoms with van der Waals surface area (Å²) >= 11 is 0. The van der Waals surface area contributed by atoms with E-state index in [1.165, 1.54) is 0 Å². The normalized spacial score (nSPS) is 21.2. The van der Waals surface area contributed by atoms with Gasteiger partial charge >= 0.3 is 11.9 Å². The van der Waals surface area contributed by atoms with Crippen molar-refractivity contribution in [2.45, 2.75) is 13.3 Å². The minimum Gasteiger partial charge on any atom is -0.481 e. The van der Waals surface area contributed by atoms with Gasteiger partial charge < -0.3 is 10.2 Å². The monoisotopic (exact) mass is 135 g/mol. The van der Waals surface area contributed by atoms with Crippen LogP contribution in [0, 0.1) is 5.89 Å². The van der Waals surface area contributed by atoms with Crippen LogP contribution in [0.5, 0.6) is 0 Å². The van der Waals surface area contributed by atoms with Crippen LogP contribution in [0.1, 0.15) is 17.4 Å². The van der Waals surface area contributed by atoms with E-state index in [-0.39, 0.29) is 0 Å². The van der Waals surface area contributed by atoms with Gasteiger partial charge in [-0.15, -0.1) is 0 Å². The molecule has 2 N–H and O–H groups in total. The number of aliphatic carboxylic acids is 2. The van der Waals surface area contributed by atoms with E-state index in [0.29, 0.717) is 0 Å². The van der Waals surface area contributed by atoms with Crippen molar-refractivity contribution in [1.29, 1.82) is 0 Å². The summed E-state index contributed by atoms with van der Waals surface area (Å²) in [5.41, 5.74) is 0. The quantitative estimate of drug-likeness (QED) is 0.579. The van der Waals surface area contributed by atoms with Crippen molar-refractivity contribution < 1.29 is 23.9 Å². The molecule has 52 valence electrons. The zero-order valence-corrected chi connectivity index (χ0v) is 4.50. The minimum absolute atomic E-state index is 1.04. The third-order valence-corrected chi connectivity index (χ3v) is 0.616. The number of rotatable bonds is 3. The first kappa shape index (κ1) is 3.87. The fourth-order valence-electron chi connectivity index (χ4n) is 0.239. The molecule has 4 nitrogen and oxygen atoms in total. The maximum absolute atomic E-state index is 10.3. The summed E-state index contributed by atoms with van der Waals surface area (Å²) in [5, 5.41) is 16.6. The first-order valence-corrected chi connectivity index (χ1v) is 2.10. The highest BCUT2D eigenvalue weighted by Gasteiger charge is 2.13. The van der Waals surface area contributed by atoms with Crippen LogP contribution in [0.25, 0.3) is 0 Å². The molecule has 0 aliphatic rings. The van der Waals surface area contributed by atoms with Crippen LogP contribution in [-0.4, -0.2) is 22.2 Å². The largest absolute Gasteiger partial charge is 0.481 e. The summed E-state index contributed by atoms with van der Waals surface area (Å²) in [6.45, 7) is -2.02. The molecule has 0 aromatic heterocycles. The molecule has 0 fully saturated rings. The smallest absolute Gasteiger partial charge is 0.306 e. The maximum atomic E-state index is 10.3. The second-order valence-electron chi connectivity index (χ2n) is 1.40. The van der Waals surface area contributed by atoms with Gasteiger partial charge in [-0.25, -0.2) is 0 Å². The van der Waals surface area contributed by atoms with Crippen molar-refractivity contribution >= 4 is 11.9 Å². The lowest BCUT2D eigenvalue weighted by atomic mass is 10.1. The lowest BCUT2D eigenvalue weighted by molar-refractivity contribution is -0.147. The molecule has 4 heteroatoms. The average molecular weight is 135 g/mol. The molecule has 1 atom stereocenters. The lowest BCUT2D eigenvalue weighted by Gasteiger charge is -1.98. The fraction of sp³-hybridized carbons (Fsp3) is 0.600. The Morgan fingerprint density at radius 2 is 2.33 bits per heavy atom. The van der Waals surface area contributed by atoms with Gasteiger partial charge in [0, 0.05) is 4.11 Å². The van der Waals surface area contributed by atoms with E-state index in [9.17, 15) is 9.59 Å². The van der Waals surface area contributed by atoms with Crippen LogP contribution in [0.2, 0.25) is 0 Å². The molecule has 0 aliphatic carbocycles. The van der Waals surface area contributed by atoms with Crippen LogP contribution >= 0.6 is 0 Å². The second-order valence-corrected chi connectivity index (χ2v) is 1.40. The number of carbonyl (C=O) groups is 2. The Hall–Kier alpha value is -1.06. The van der Waals surface area contributed by atoms with Gasteiger partial charge in [-0.3, -0.25) is 9.59 Å². The number of carboxylic acid groups (broad SMARTS) is 2. The standard InChI is InChI=1S/C5H8O4/c1-3(5(8)9)2-4(6)7/h3H,2H2,1H3,(H,6,7)(H,8,9)/t3-/m0/s1/i1D2,3D. The zero-order valence-electron chi connectivity index (χ0n) is 7.50. The lowest BCUT2D eigenvalue weighted by Crippen LogP contribution is -2.13. The Kier molecular flexibility index (Phi) is 1.32. The second kappa shape index (κ2) is 3.06. The third kappa shape index (κ3) is 3.52. The molecule has 0 saturated carbocycles. The van der Waals surface area contributed by atoms with Crippen LogP contribution in [0.15, 0.2) is 0 Å². The van der Waals surface area contributed by atoms with Gasteiger partial charge in [0.05, 0.1) is 12.3 Å². The van der Waals surface area contributed by atoms with Crippen LogP contribution in [-0.2, 0) is 9.59 Å². The molecule has 0 aromatic carbocycles. The van der Waals surface area contributed by atoms with Crippen molar-refractivity contribution in [1.82, 2.24) is 0 Å². The SMILES string of the molecule is [2H]C([2H])[C@@]([2H])(CC(=O)O)C(=O)O. The van der Waals surface area contributed by atoms with E-state index in [0.717, 1.165) is 0 Å². The van der Waals surface area contributed by atoms with Crippen LogP contribution in [0.3, 0.4) is 0 Å². The molecular weight excluding hydrogens is 124 g/mol. The van der Waals surface area contributed by atoms with Gasteiger partial charge in [0.1, 0.15) is 0 Å². The Bertz CT molecular complexity index is 205. The summed E-state index contributed by atoms with van der Waals surface area (Å²) < 4.78 is 20.4. The van der Waals surface area contributed by atoms with Crippen LogP contribution < -0.4 is 0 Å². The molecular formula is C5H8O4. The summed E-state index contributed by atoms with van der Waals surface area (Å²) in [7, 11) is 0. The highest BCUT2D eigenvalue weighted by Crippen LogP contribution is 1.99. The Balaban J connectivity index is 4.62. The Morgan fingerprint density at radius 3 is 2.44 bits per heavy atom. The number of hydrogen-bond donors (Lipinski definition) is 2. The van der Waals surface area contributed by atoms with Gasteiger partial charge in [0.2, 0.25) is 0 Å². The Morgan fingerprint density at radius 1 is 1.78 bits per heavy atom. The maximum Gasteiger partial charge on any atom is 0.306 e. The van der Waals surface area contributed by atoms with Crippen molar-refractivity contribution in [3.63, 3.8) is 0 Å². The summed E-state index contributed by atoms with van der Waals surface area (Å²) in [4.78, 5) is 20.4. The molecule has 9 heavy (non-hydrogen) atoms. The van der Waals surface area contributed by atoms with Gasteiger partial charge in [0.25, 0.3) is 0 Å². The summed E-state index contributed by atoms with van der Waals surface area (Å²) in [5.74, 6) is -5.84. The molecule has 0 aromatic rings. The number of hydrogen-bond acceptors (Lipinski definition) is 2. The van der Waals surface area contributed by atoms with Gasteiger partial charge in [-0.05, 0) is 0 Å². The average Bonchev–Trinajstić information content (AvgIpc) is 1.84. The minimum atomic E-state index is -2.58. The molecule has 0 bridgehead atoms. The highest BCUT2D eigenvalue weighted by atomic mass is 16.4. The van der Waals surface area contributed by atoms with Crippen molar-refractivity contribution in [2.24, 2.45) is 5.89 Å². The van der Waals surface area contributed by atoms with Gasteiger partial charge in [-0.2, -0.15) is 0 Å². The predicted octanol–water partition coefficient (Wildman–Crippen LogP) is 0.182. The van der Waals surface area contributed by atoms with Crippen molar-refractivity contribution in [3.05, 3.63) is 0 Å². The van der Waals surface area contributed by atoms with E-state index in [1.54, 1.807) is 0 Å². The molecule has 0 unspecified atom stereocenters. The third-order valence-electron chi connectivity index (χ3n) is 0.616. The first-order chi connectivity index (χ1) is 5.30. The van der Waals surface area contributed by atoms with Gasteiger partial charge in [0.15, 0.2) is 0 Å². The van der Waals surface area contributed by atoms with Gasteiger partial charge in [-0.1, -0.05) is 6.88 Å². The van der Waals surface area contributed by atoms with Crippen molar-refractivity contribution in [3.8, 4) is 0 Å². The van der Waals surface area contributed by atoms with E-state index >= 15 is 0 Å². The molecule has 0 heterocycles. The van der Waals surface area contributed by atoms with E-state index in [1.807, 2.05) is 0 Å². The van der Waals surface area contributed by atoms with E-state index < -0.39 is 31.1 Å². The Labute approximate surface area is 56.3 Å². The summed E-state index contributed by atoms with van der Waals surface area (Å²) in [6.07, 6.45) is -1.04. The molecule has 0 spiro atoms. The van der Waals surface area contributed by atoms with E-state index in [2.05, 4.69) is 0 Å². The highest BCUT2D eigenvalue weighted by molar-refractivity contribution is 5.77. The predicted molar refractivity (Wildman–Crippen MR) is 29.1 cm³/mol. The summed E-state index contributed by atoms with van der Waals surface area (Å²) in [6, 6.07) is 0. The molecule has 0 aliphatic heterocycles. The number of carboxylic acids is 2. The topological polar surface area (TPSA) is 74.6 Å². The van der Waals surface area contributed by atoms with Crippen molar-refractivity contribution in [2.75, 3.05) is 0 Å². The molecule has 0 amide bonds. The molecule has 0 rings (SSSR count). The zero-order chi connectivity index (χ0) is 9.94. The molecule has 0 saturated heterocycles. The first-order valence-electron chi connectivity index (χ1n) is 3.76. The molecule has 0 radical (unpaired) electrons. The van der Waals surface area contributed by atoms with Crippen LogP contribution in [0.4, 0.5) is 0 Å².